The highest BCUT2D eigenvalue weighted by atomic mass is 32.2. The zero-order valence-electron chi connectivity index (χ0n) is 19.1. The fourth-order valence-electron chi connectivity index (χ4n) is 3.89. The van der Waals surface area contributed by atoms with Crippen molar-refractivity contribution in [1.82, 2.24) is 25.2 Å². The molecule has 2 atom stereocenters. The molecule has 0 bridgehead atoms. The molecule has 1 fully saturated rings. The number of β-lactam (4-membered cyclic amide) rings is 1. The van der Waals surface area contributed by atoms with E-state index in [4.69, 9.17) is 10.6 Å². The Balaban J connectivity index is 1.32. The number of pyridine rings is 1. The maximum Gasteiger partial charge on any atom is 0.276 e. The summed E-state index contributed by atoms with van der Waals surface area (Å²) in [5, 5.41) is 19.7. The summed E-state index contributed by atoms with van der Waals surface area (Å²) >= 11 is 2.47. The number of nitrogens with zero attached hydrogens (tertiary/aromatic N) is 5. The van der Waals surface area contributed by atoms with Crippen molar-refractivity contribution in [2.24, 2.45) is 5.16 Å². The normalized spacial score (nSPS) is 19.3. The highest BCUT2D eigenvalue weighted by Crippen LogP contribution is 2.40. The number of thiazole rings is 1. The monoisotopic (exact) mass is 540 g/mol. The van der Waals surface area contributed by atoms with Gasteiger partial charge >= 0.3 is 0 Å². The first-order valence-corrected chi connectivity index (χ1v) is 12.9. The van der Waals surface area contributed by atoms with Crippen LogP contribution in [0.3, 0.4) is 0 Å². The van der Waals surface area contributed by atoms with Gasteiger partial charge in [-0.3, -0.25) is 14.5 Å². The summed E-state index contributed by atoms with van der Waals surface area (Å²) in [4.78, 5) is 55.5. The molecule has 2 aliphatic heterocycles. The SMILES string of the molecule is Nc1nc(/C(=N/OCc2cnc[nH]2)C(=O)N[C@@H]2C(=O)N3C(C(=O)[O-])=C(C[n+]4ccccc4)CS[C@H]23)cs1. The van der Waals surface area contributed by atoms with E-state index in [-0.39, 0.29) is 28.8 Å². The molecule has 2 amide bonds. The number of anilines is 1. The number of amides is 2. The Morgan fingerprint density at radius 1 is 1.35 bits per heavy atom. The van der Waals surface area contributed by atoms with Crippen LogP contribution in [0, 0.1) is 0 Å². The van der Waals surface area contributed by atoms with Crippen molar-refractivity contribution in [1.29, 1.82) is 0 Å². The Morgan fingerprint density at radius 2 is 2.16 bits per heavy atom. The van der Waals surface area contributed by atoms with E-state index in [1.165, 1.54) is 23.0 Å². The van der Waals surface area contributed by atoms with E-state index in [0.717, 1.165) is 11.3 Å². The zero-order chi connectivity index (χ0) is 25.9. The average Bonchev–Trinajstić information content (AvgIpc) is 3.57. The number of carboxylic acids is 1. The molecule has 0 saturated carbocycles. The van der Waals surface area contributed by atoms with Crippen molar-refractivity contribution < 1.29 is 28.9 Å². The summed E-state index contributed by atoms with van der Waals surface area (Å²) in [6.45, 7) is 0.313. The molecule has 0 unspecified atom stereocenters. The number of carbonyl (C=O) groups is 3. The molecule has 37 heavy (non-hydrogen) atoms. The standard InChI is InChI=1S/C22H20N8O5S2/c23-22-26-14(10-37-22)15(28-35-8-13-6-24-11-25-13)18(31)27-16-19(32)30-17(21(33)34)12(9-36-20(16)30)7-29-4-2-1-3-5-29/h1-6,10-11,16,20H,7-9H2,(H4-,23,24,25,26,27,31,33,34)/b28-15-/t16-,20-/m1/s1. The van der Waals surface area contributed by atoms with Gasteiger partial charge in [-0.05, 0) is 0 Å². The van der Waals surface area contributed by atoms with E-state index in [1.807, 2.05) is 22.8 Å². The lowest BCUT2D eigenvalue weighted by Crippen LogP contribution is -2.71. The zero-order valence-corrected chi connectivity index (χ0v) is 20.7. The number of imidazole rings is 1. The third-order valence-corrected chi connectivity index (χ3v) is 7.60. The third-order valence-electron chi connectivity index (χ3n) is 5.59. The molecule has 13 nitrogen and oxygen atoms in total. The fourth-order valence-corrected chi connectivity index (χ4v) is 5.78. The van der Waals surface area contributed by atoms with Crippen LogP contribution in [0.5, 0.6) is 0 Å². The molecule has 3 aromatic heterocycles. The van der Waals surface area contributed by atoms with Crippen molar-refractivity contribution in [2.75, 3.05) is 11.5 Å². The Hall–Kier alpha value is -4.24. The number of oxime groups is 1. The van der Waals surface area contributed by atoms with Crippen molar-refractivity contribution in [2.45, 2.75) is 24.6 Å². The quantitative estimate of drug-likeness (QED) is 0.129. The molecule has 5 heterocycles. The van der Waals surface area contributed by atoms with E-state index in [0.29, 0.717) is 23.6 Å². The second-order valence-electron chi connectivity index (χ2n) is 8.01. The fraction of sp³-hybridized carbons (Fsp3) is 0.227. The lowest BCUT2D eigenvalue weighted by Gasteiger charge is -2.50. The molecular formula is C22H20N8O5S2. The number of H-pyrrole nitrogens is 1. The van der Waals surface area contributed by atoms with Crippen LogP contribution in [0.4, 0.5) is 5.13 Å². The van der Waals surface area contributed by atoms with Gasteiger partial charge in [0.05, 0.1) is 29.9 Å². The number of nitrogens with one attached hydrogen (secondary N) is 2. The van der Waals surface area contributed by atoms with Crippen molar-refractivity contribution >= 4 is 51.7 Å². The van der Waals surface area contributed by atoms with E-state index in [2.05, 4.69) is 25.4 Å². The molecule has 190 valence electrons. The van der Waals surface area contributed by atoms with Crippen LogP contribution in [0.15, 0.2) is 64.9 Å². The van der Waals surface area contributed by atoms with Crippen LogP contribution in [0.2, 0.25) is 0 Å². The summed E-state index contributed by atoms with van der Waals surface area (Å²) in [7, 11) is 0. The van der Waals surface area contributed by atoms with Crippen molar-refractivity contribution in [3.63, 3.8) is 0 Å². The van der Waals surface area contributed by atoms with E-state index >= 15 is 0 Å². The van der Waals surface area contributed by atoms with Gasteiger partial charge in [-0.2, -0.15) is 0 Å². The Labute approximate surface area is 218 Å². The number of nitrogens with two attached hydrogens (primary N) is 1. The lowest BCUT2D eigenvalue weighted by molar-refractivity contribution is -0.689. The number of hydrogen-bond donors (Lipinski definition) is 3. The Kier molecular flexibility index (Phi) is 6.87. The number of hydrogen-bond acceptors (Lipinski definition) is 11. The molecule has 0 spiro atoms. The summed E-state index contributed by atoms with van der Waals surface area (Å²) in [6.07, 6.45) is 6.63. The van der Waals surface area contributed by atoms with Gasteiger partial charge < -0.3 is 30.8 Å². The van der Waals surface area contributed by atoms with Crippen LogP contribution >= 0.6 is 23.1 Å². The predicted molar refractivity (Wildman–Crippen MR) is 130 cm³/mol. The van der Waals surface area contributed by atoms with Gasteiger partial charge in [0.15, 0.2) is 36.4 Å². The highest BCUT2D eigenvalue weighted by Gasteiger charge is 2.53. The molecule has 15 heteroatoms. The van der Waals surface area contributed by atoms with Gasteiger partial charge in [0.2, 0.25) is 0 Å². The van der Waals surface area contributed by atoms with Gasteiger partial charge in [0.25, 0.3) is 11.8 Å². The van der Waals surface area contributed by atoms with E-state index in [1.54, 1.807) is 24.0 Å². The minimum atomic E-state index is -1.44. The molecule has 0 radical (unpaired) electrons. The molecule has 0 aliphatic carbocycles. The van der Waals surface area contributed by atoms with Crippen LogP contribution in [0.1, 0.15) is 11.4 Å². The van der Waals surface area contributed by atoms with Gasteiger partial charge in [-0.15, -0.1) is 23.1 Å². The van der Waals surface area contributed by atoms with Crippen LogP contribution in [-0.2, 0) is 32.4 Å². The molecular weight excluding hydrogens is 520 g/mol. The number of fused-ring (bicyclic) bond motifs is 1. The molecule has 2 aliphatic rings. The van der Waals surface area contributed by atoms with Crippen LogP contribution in [0.25, 0.3) is 0 Å². The topological polar surface area (TPSA) is 183 Å². The number of thioether (sulfide) groups is 1. The summed E-state index contributed by atoms with van der Waals surface area (Å²) in [6, 6.07) is 4.53. The first kappa shape index (κ1) is 24.5. The number of nitrogen functional groups attached to an aromatic ring is 1. The number of aromatic amines is 1. The van der Waals surface area contributed by atoms with Gasteiger partial charge in [-0.25, -0.2) is 14.5 Å². The van der Waals surface area contributed by atoms with Gasteiger partial charge in [0, 0.05) is 28.8 Å². The number of rotatable bonds is 9. The minimum absolute atomic E-state index is 0.0208. The highest BCUT2D eigenvalue weighted by molar-refractivity contribution is 8.00. The average molecular weight is 541 g/mol. The van der Waals surface area contributed by atoms with Gasteiger partial charge in [-0.1, -0.05) is 11.2 Å². The largest absolute Gasteiger partial charge is 0.543 e. The summed E-state index contributed by atoms with van der Waals surface area (Å²) in [5.41, 5.74) is 6.74. The maximum atomic E-state index is 13.1. The van der Waals surface area contributed by atoms with E-state index < -0.39 is 29.2 Å². The first-order valence-electron chi connectivity index (χ1n) is 10.9. The number of aromatic nitrogens is 4. The first-order chi connectivity index (χ1) is 17.9. The Morgan fingerprint density at radius 3 is 2.84 bits per heavy atom. The summed E-state index contributed by atoms with van der Waals surface area (Å²) in [5.74, 6) is -2.36. The predicted octanol–water partition coefficient (Wildman–Crippen LogP) is -1.24. The molecule has 3 aromatic rings. The number of carboxylic acid groups (broad SMARTS) is 1. The number of aliphatic carboxylic acids is 1. The van der Waals surface area contributed by atoms with Crippen LogP contribution in [-0.4, -0.2) is 60.5 Å². The van der Waals surface area contributed by atoms with Gasteiger partial charge in [0.1, 0.15) is 17.1 Å². The molecule has 0 aromatic carbocycles. The molecule has 4 N–H and O–H groups in total. The second-order valence-corrected chi connectivity index (χ2v) is 10.0. The summed E-state index contributed by atoms with van der Waals surface area (Å²) < 4.78 is 1.81. The van der Waals surface area contributed by atoms with Crippen molar-refractivity contribution in [3.8, 4) is 0 Å². The van der Waals surface area contributed by atoms with Crippen molar-refractivity contribution in [3.05, 3.63) is 71.2 Å². The smallest absolute Gasteiger partial charge is 0.276 e. The number of carbonyl (C=O) groups excluding carboxylic acids is 3. The molecule has 5 rings (SSSR count). The minimum Gasteiger partial charge on any atom is -0.543 e. The lowest BCUT2D eigenvalue weighted by atomic mass is 10.0. The third kappa shape index (κ3) is 5.03. The van der Waals surface area contributed by atoms with E-state index in [9.17, 15) is 19.5 Å². The molecule has 1 saturated heterocycles. The maximum absolute atomic E-state index is 13.1. The Bertz CT molecular complexity index is 1390. The van der Waals surface area contributed by atoms with Crippen LogP contribution < -0.4 is 20.7 Å². The second kappa shape index (κ2) is 10.4.